The number of rotatable bonds is 10. The Kier molecular flexibility index (Phi) is 8.84. The number of esters is 1. The zero-order chi connectivity index (χ0) is 17.9. The maximum Gasteiger partial charge on any atom is 0.331 e. The molecular weight excluding hydrogens is 304 g/mol. The Morgan fingerprint density at radius 2 is 1.67 bits per heavy atom. The summed E-state index contributed by atoms with van der Waals surface area (Å²) < 4.78 is 4.88. The predicted octanol–water partition coefficient (Wildman–Crippen LogP) is 4.73. The average Bonchev–Trinajstić information content (AvgIpc) is 2.92. The lowest BCUT2D eigenvalue weighted by molar-refractivity contribution is -0.135. The summed E-state index contributed by atoms with van der Waals surface area (Å²) in [4.78, 5) is 21.6. The van der Waals surface area contributed by atoms with Gasteiger partial charge in [0, 0.05) is 11.6 Å². The lowest BCUT2D eigenvalue weighted by Gasteiger charge is -2.02. The van der Waals surface area contributed by atoms with Crippen molar-refractivity contribution in [3.8, 4) is 0 Å². The third-order valence-electron chi connectivity index (χ3n) is 4.04. The minimum atomic E-state index is -0.846. The van der Waals surface area contributed by atoms with Crippen LogP contribution in [0.25, 0.3) is 0 Å². The molecule has 0 radical (unpaired) electrons. The van der Waals surface area contributed by atoms with Crippen LogP contribution in [0.3, 0.4) is 0 Å². The largest absolute Gasteiger partial charge is 0.478 e. The van der Waals surface area contributed by atoms with Gasteiger partial charge in [-0.15, -0.1) is 0 Å². The van der Waals surface area contributed by atoms with Crippen LogP contribution in [0.1, 0.15) is 59.3 Å². The lowest BCUT2D eigenvalue weighted by Crippen LogP contribution is -1.95. The number of carbonyl (C=O) groups excluding carboxylic acids is 1. The molecule has 1 aliphatic rings. The van der Waals surface area contributed by atoms with Gasteiger partial charge in [-0.3, -0.25) is 0 Å². The molecule has 0 saturated heterocycles. The molecule has 1 aliphatic heterocycles. The van der Waals surface area contributed by atoms with Gasteiger partial charge < -0.3 is 9.84 Å². The molecule has 0 bridgehead atoms. The molecule has 24 heavy (non-hydrogen) atoms. The van der Waals surface area contributed by atoms with E-state index in [0.717, 1.165) is 44.1 Å². The highest BCUT2D eigenvalue weighted by atomic mass is 16.5. The summed E-state index contributed by atoms with van der Waals surface area (Å²) in [7, 11) is 0. The Morgan fingerprint density at radius 3 is 2.21 bits per heavy atom. The quantitative estimate of drug-likeness (QED) is 0.357. The Morgan fingerprint density at radius 1 is 1.08 bits per heavy atom. The van der Waals surface area contributed by atoms with Crippen molar-refractivity contribution in [2.24, 2.45) is 0 Å². The lowest BCUT2D eigenvalue weighted by atomic mass is 10.0. The van der Waals surface area contributed by atoms with Gasteiger partial charge in [0.2, 0.25) is 0 Å². The fourth-order valence-electron chi connectivity index (χ4n) is 2.42. The van der Waals surface area contributed by atoms with Crippen LogP contribution < -0.4 is 0 Å². The molecule has 0 atom stereocenters. The van der Waals surface area contributed by atoms with Crippen LogP contribution in [0.15, 0.2) is 46.6 Å². The Bertz CT molecular complexity index is 576. The highest BCUT2D eigenvalue weighted by Crippen LogP contribution is 2.15. The molecule has 1 N–H and O–H groups in total. The van der Waals surface area contributed by atoms with Gasteiger partial charge in [-0.2, -0.15) is 0 Å². The Labute approximate surface area is 144 Å². The summed E-state index contributed by atoms with van der Waals surface area (Å²) in [5, 5.41) is 8.79. The van der Waals surface area contributed by atoms with Gasteiger partial charge in [0.15, 0.2) is 0 Å². The number of ether oxygens (including phenoxy) is 1. The minimum absolute atomic E-state index is 0.222. The maximum atomic E-state index is 10.9. The first-order valence-corrected chi connectivity index (χ1v) is 8.46. The molecule has 0 unspecified atom stereocenters. The van der Waals surface area contributed by atoms with Crippen LogP contribution >= 0.6 is 0 Å². The molecule has 0 saturated carbocycles. The Balaban J connectivity index is 2.23. The van der Waals surface area contributed by atoms with Gasteiger partial charge >= 0.3 is 11.9 Å². The number of carbonyl (C=O) groups is 2. The first kappa shape index (κ1) is 19.9. The molecule has 0 aromatic rings. The van der Waals surface area contributed by atoms with Crippen molar-refractivity contribution < 1.29 is 19.4 Å². The molecule has 0 aromatic carbocycles. The van der Waals surface area contributed by atoms with Crippen LogP contribution in [0.5, 0.6) is 0 Å². The van der Waals surface area contributed by atoms with E-state index in [1.165, 1.54) is 11.1 Å². The van der Waals surface area contributed by atoms with E-state index in [1.54, 1.807) is 19.1 Å². The Hall–Kier alpha value is -2.10. The van der Waals surface area contributed by atoms with E-state index >= 15 is 0 Å². The highest BCUT2D eigenvalue weighted by Gasteiger charge is 2.11. The van der Waals surface area contributed by atoms with Crippen molar-refractivity contribution in [1.29, 1.82) is 0 Å². The molecule has 0 spiro atoms. The SMILES string of the molecule is C/C(=C/CC/C(C)=C/CC/C(C)=C/CCC1=CC(=O)OC1)C(=O)O. The number of hydrogen-bond donors (Lipinski definition) is 1. The fraction of sp³-hybridized carbons (Fsp3) is 0.500. The number of aliphatic carboxylic acids is 1. The summed E-state index contributed by atoms with van der Waals surface area (Å²) in [6.07, 6.45) is 13.3. The van der Waals surface area contributed by atoms with Crippen molar-refractivity contribution in [3.05, 3.63) is 46.6 Å². The smallest absolute Gasteiger partial charge is 0.331 e. The number of carboxylic acid groups (broad SMARTS) is 1. The summed E-state index contributed by atoms with van der Waals surface area (Å²) in [5.41, 5.74) is 4.13. The molecule has 4 nitrogen and oxygen atoms in total. The number of cyclic esters (lactones) is 1. The van der Waals surface area contributed by atoms with Crippen LogP contribution in [0.4, 0.5) is 0 Å². The third-order valence-corrected chi connectivity index (χ3v) is 4.04. The fourth-order valence-corrected chi connectivity index (χ4v) is 2.42. The molecule has 0 aliphatic carbocycles. The third kappa shape index (κ3) is 8.51. The van der Waals surface area contributed by atoms with E-state index in [2.05, 4.69) is 26.0 Å². The van der Waals surface area contributed by atoms with Crippen molar-refractivity contribution in [2.75, 3.05) is 6.61 Å². The summed E-state index contributed by atoms with van der Waals surface area (Å²) >= 11 is 0. The number of carboxylic acids is 1. The van der Waals surface area contributed by atoms with Crippen LogP contribution in [-0.2, 0) is 14.3 Å². The maximum absolute atomic E-state index is 10.9. The molecule has 4 heteroatoms. The second-order valence-corrected chi connectivity index (χ2v) is 6.32. The zero-order valence-electron chi connectivity index (χ0n) is 14.9. The van der Waals surface area contributed by atoms with Crippen molar-refractivity contribution >= 4 is 11.9 Å². The molecular formula is C20H28O4. The van der Waals surface area contributed by atoms with Gasteiger partial charge in [0.05, 0.1) is 0 Å². The summed E-state index contributed by atoms with van der Waals surface area (Å²) in [6.45, 7) is 6.29. The first-order valence-electron chi connectivity index (χ1n) is 8.46. The molecule has 1 rings (SSSR count). The van der Waals surface area contributed by atoms with Gasteiger partial charge in [-0.25, -0.2) is 9.59 Å². The monoisotopic (exact) mass is 332 g/mol. The van der Waals surface area contributed by atoms with Gasteiger partial charge in [-0.1, -0.05) is 29.4 Å². The minimum Gasteiger partial charge on any atom is -0.478 e. The van der Waals surface area contributed by atoms with Crippen molar-refractivity contribution in [3.63, 3.8) is 0 Å². The average molecular weight is 332 g/mol. The van der Waals surface area contributed by atoms with Gasteiger partial charge in [0.25, 0.3) is 0 Å². The van der Waals surface area contributed by atoms with E-state index in [4.69, 9.17) is 9.84 Å². The normalized spacial score (nSPS) is 16.2. The first-order chi connectivity index (χ1) is 11.4. The molecule has 0 amide bonds. The number of allylic oxidation sites excluding steroid dienone is 5. The van der Waals surface area contributed by atoms with Crippen LogP contribution in [0.2, 0.25) is 0 Å². The summed E-state index contributed by atoms with van der Waals surface area (Å²) in [5.74, 6) is -1.07. The van der Waals surface area contributed by atoms with E-state index in [1.807, 2.05) is 0 Å². The predicted molar refractivity (Wildman–Crippen MR) is 95.7 cm³/mol. The zero-order valence-corrected chi connectivity index (χ0v) is 14.9. The molecule has 0 aromatic heterocycles. The van der Waals surface area contributed by atoms with Crippen LogP contribution in [-0.4, -0.2) is 23.7 Å². The van der Waals surface area contributed by atoms with Gasteiger partial charge in [0.1, 0.15) is 6.61 Å². The van der Waals surface area contributed by atoms with Gasteiger partial charge in [-0.05, 0) is 64.9 Å². The molecule has 132 valence electrons. The van der Waals surface area contributed by atoms with E-state index < -0.39 is 5.97 Å². The second-order valence-electron chi connectivity index (χ2n) is 6.32. The highest BCUT2D eigenvalue weighted by molar-refractivity contribution is 5.85. The van der Waals surface area contributed by atoms with Crippen molar-refractivity contribution in [1.82, 2.24) is 0 Å². The summed E-state index contributed by atoms with van der Waals surface area (Å²) in [6, 6.07) is 0. The van der Waals surface area contributed by atoms with E-state index in [0.29, 0.717) is 12.2 Å². The standard InChI is InChI=1S/C20H28O4/c1-15(9-5-11-17(3)20(22)23)7-4-8-16(2)10-6-12-18-13-19(21)24-14-18/h7,10-11,13H,4-6,8-9,12,14H2,1-3H3,(H,22,23)/b15-7+,16-10+,17-11-. The van der Waals surface area contributed by atoms with Crippen LogP contribution in [0, 0.1) is 0 Å². The van der Waals surface area contributed by atoms with E-state index in [-0.39, 0.29) is 5.97 Å². The second kappa shape index (κ2) is 10.6. The topological polar surface area (TPSA) is 63.6 Å². The van der Waals surface area contributed by atoms with E-state index in [9.17, 15) is 9.59 Å². The molecule has 0 fully saturated rings. The number of hydrogen-bond acceptors (Lipinski definition) is 3. The molecule has 1 heterocycles. The van der Waals surface area contributed by atoms with Crippen molar-refractivity contribution in [2.45, 2.75) is 59.3 Å².